The van der Waals surface area contributed by atoms with Crippen molar-refractivity contribution in [3.05, 3.63) is 61.4 Å². The van der Waals surface area contributed by atoms with Gasteiger partial charge in [0, 0.05) is 0 Å². The normalized spacial score (nSPS) is 10.6. The van der Waals surface area contributed by atoms with Crippen molar-refractivity contribution in [3.63, 3.8) is 0 Å². The van der Waals surface area contributed by atoms with E-state index in [-0.39, 0.29) is 23.9 Å². The van der Waals surface area contributed by atoms with Gasteiger partial charge in [-0.3, -0.25) is 14.3 Å². The number of hydrogen-bond donors (Lipinski definition) is 1. The summed E-state index contributed by atoms with van der Waals surface area (Å²) in [6.45, 7) is 4.19. The molecule has 0 unspecified atom stereocenters. The van der Waals surface area contributed by atoms with E-state index in [1.165, 1.54) is 0 Å². The number of ether oxygens (including phenoxy) is 1. The minimum Gasteiger partial charge on any atom is -0.492 e. The summed E-state index contributed by atoms with van der Waals surface area (Å²) >= 11 is 5.85. The molecule has 0 amide bonds. The van der Waals surface area contributed by atoms with E-state index in [9.17, 15) is 9.59 Å². The molecule has 6 heteroatoms. The minimum absolute atomic E-state index is 0.114. The van der Waals surface area contributed by atoms with Gasteiger partial charge < -0.3 is 4.74 Å². The SMILES string of the molecule is CCc1c(Cl)[nH]c(=O)n(CCOc2cccc(C)c2)c1=O. The first-order valence-electron chi connectivity index (χ1n) is 6.74. The molecule has 0 aliphatic rings. The summed E-state index contributed by atoms with van der Waals surface area (Å²) in [6, 6.07) is 7.58. The van der Waals surface area contributed by atoms with Crippen LogP contribution >= 0.6 is 11.6 Å². The van der Waals surface area contributed by atoms with Crippen molar-refractivity contribution in [1.82, 2.24) is 9.55 Å². The second kappa shape index (κ2) is 6.63. The van der Waals surface area contributed by atoms with E-state index in [0.29, 0.717) is 17.7 Å². The lowest BCUT2D eigenvalue weighted by Crippen LogP contribution is -2.38. The van der Waals surface area contributed by atoms with Gasteiger partial charge in [-0.15, -0.1) is 0 Å². The average molecular weight is 309 g/mol. The lowest BCUT2D eigenvalue weighted by Gasteiger charge is -2.09. The van der Waals surface area contributed by atoms with Crippen molar-refractivity contribution in [3.8, 4) is 5.75 Å². The molecule has 0 aliphatic carbocycles. The zero-order valence-corrected chi connectivity index (χ0v) is 12.7. The molecule has 0 bridgehead atoms. The van der Waals surface area contributed by atoms with E-state index in [2.05, 4.69) is 4.98 Å². The summed E-state index contributed by atoms with van der Waals surface area (Å²) in [4.78, 5) is 26.4. The van der Waals surface area contributed by atoms with Gasteiger partial charge in [0.25, 0.3) is 5.56 Å². The van der Waals surface area contributed by atoms with Crippen LogP contribution in [0.15, 0.2) is 33.9 Å². The lowest BCUT2D eigenvalue weighted by molar-refractivity contribution is 0.293. The maximum Gasteiger partial charge on any atom is 0.329 e. The molecule has 2 aromatic rings. The molecule has 112 valence electrons. The second-order valence-corrected chi connectivity index (χ2v) is 5.08. The Bertz CT molecular complexity index is 749. The molecular formula is C15H17ClN2O3. The first-order chi connectivity index (χ1) is 10.0. The predicted molar refractivity (Wildman–Crippen MR) is 82.4 cm³/mol. The molecule has 2 rings (SSSR count). The number of aromatic nitrogens is 2. The molecule has 0 atom stereocenters. The van der Waals surface area contributed by atoms with Gasteiger partial charge in [-0.1, -0.05) is 30.7 Å². The van der Waals surface area contributed by atoms with Crippen LogP contribution in [0.1, 0.15) is 18.1 Å². The van der Waals surface area contributed by atoms with Crippen molar-refractivity contribution < 1.29 is 4.74 Å². The number of aromatic amines is 1. The van der Waals surface area contributed by atoms with Crippen LogP contribution in [-0.4, -0.2) is 16.2 Å². The highest BCUT2D eigenvalue weighted by atomic mass is 35.5. The summed E-state index contributed by atoms with van der Waals surface area (Å²) < 4.78 is 6.67. The van der Waals surface area contributed by atoms with Crippen LogP contribution in [-0.2, 0) is 13.0 Å². The number of hydrogen-bond acceptors (Lipinski definition) is 3. The molecule has 1 aromatic carbocycles. The summed E-state index contributed by atoms with van der Waals surface area (Å²) in [5, 5.41) is 0.114. The van der Waals surface area contributed by atoms with Gasteiger partial charge in [-0.2, -0.15) is 0 Å². The lowest BCUT2D eigenvalue weighted by atomic mass is 10.2. The van der Waals surface area contributed by atoms with E-state index in [0.717, 1.165) is 10.1 Å². The molecule has 5 nitrogen and oxygen atoms in total. The van der Waals surface area contributed by atoms with Crippen LogP contribution in [0.5, 0.6) is 5.75 Å². The first kappa shape index (κ1) is 15.4. The number of nitrogens with one attached hydrogen (secondary N) is 1. The highest BCUT2D eigenvalue weighted by Crippen LogP contribution is 2.12. The largest absolute Gasteiger partial charge is 0.492 e. The zero-order valence-electron chi connectivity index (χ0n) is 12.0. The number of rotatable bonds is 5. The summed E-state index contributed by atoms with van der Waals surface area (Å²) in [5.41, 5.74) is 0.614. The van der Waals surface area contributed by atoms with E-state index < -0.39 is 5.69 Å². The highest BCUT2D eigenvalue weighted by Gasteiger charge is 2.10. The van der Waals surface area contributed by atoms with Gasteiger partial charge in [0.15, 0.2) is 0 Å². The van der Waals surface area contributed by atoms with Crippen molar-refractivity contribution in [1.29, 1.82) is 0 Å². The standard InChI is InChI=1S/C15H17ClN2O3/c1-3-12-13(16)17-15(20)18(14(12)19)7-8-21-11-6-4-5-10(2)9-11/h4-6,9H,3,7-8H2,1-2H3,(H,17,20). The molecule has 0 saturated heterocycles. The Hall–Kier alpha value is -2.01. The third kappa shape index (κ3) is 3.55. The fourth-order valence-electron chi connectivity index (χ4n) is 2.06. The molecule has 1 N–H and O–H groups in total. The van der Waals surface area contributed by atoms with Gasteiger partial charge in [-0.05, 0) is 31.0 Å². The number of nitrogens with zero attached hydrogens (tertiary/aromatic N) is 1. The van der Waals surface area contributed by atoms with Gasteiger partial charge >= 0.3 is 5.69 Å². The van der Waals surface area contributed by atoms with Crippen molar-refractivity contribution >= 4 is 11.6 Å². The Morgan fingerprint density at radius 2 is 2.10 bits per heavy atom. The highest BCUT2D eigenvalue weighted by molar-refractivity contribution is 6.30. The predicted octanol–water partition coefficient (Wildman–Crippen LogP) is 2.14. The van der Waals surface area contributed by atoms with E-state index in [4.69, 9.17) is 16.3 Å². The summed E-state index contributed by atoms with van der Waals surface area (Å²) in [7, 11) is 0. The topological polar surface area (TPSA) is 64.1 Å². The fourth-order valence-corrected chi connectivity index (χ4v) is 2.35. The molecule has 0 saturated carbocycles. The van der Waals surface area contributed by atoms with E-state index >= 15 is 0 Å². The maximum absolute atomic E-state index is 12.1. The minimum atomic E-state index is -0.518. The van der Waals surface area contributed by atoms with Gasteiger partial charge in [0.05, 0.1) is 12.1 Å². The van der Waals surface area contributed by atoms with Crippen LogP contribution in [0.3, 0.4) is 0 Å². The van der Waals surface area contributed by atoms with Crippen LogP contribution in [0, 0.1) is 6.92 Å². The zero-order chi connectivity index (χ0) is 15.4. The maximum atomic E-state index is 12.1. The van der Waals surface area contributed by atoms with Gasteiger partial charge in [-0.25, -0.2) is 4.79 Å². The van der Waals surface area contributed by atoms with Gasteiger partial charge in [0.2, 0.25) is 0 Å². The van der Waals surface area contributed by atoms with E-state index in [1.54, 1.807) is 0 Å². The Labute approximate surface area is 127 Å². The molecule has 1 aromatic heterocycles. The third-order valence-electron chi connectivity index (χ3n) is 3.16. The van der Waals surface area contributed by atoms with Crippen LogP contribution < -0.4 is 16.0 Å². The molecular weight excluding hydrogens is 292 g/mol. The number of H-pyrrole nitrogens is 1. The molecule has 1 heterocycles. The summed E-state index contributed by atoms with van der Waals surface area (Å²) in [6.07, 6.45) is 0.465. The Morgan fingerprint density at radius 3 is 2.76 bits per heavy atom. The molecule has 0 aliphatic heterocycles. The van der Waals surface area contributed by atoms with Crippen molar-refractivity contribution in [2.24, 2.45) is 0 Å². The number of benzene rings is 1. The monoisotopic (exact) mass is 308 g/mol. The molecule has 0 fully saturated rings. The van der Waals surface area contributed by atoms with Crippen LogP contribution in [0.2, 0.25) is 5.15 Å². The third-order valence-corrected chi connectivity index (χ3v) is 3.48. The smallest absolute Gasteiger partial charge is 0.329 e. The number of halogens is 1. The van der Waals surface area contributed by atoms with E-state index in [1.807, 2.05) is 38.1 Å². The molecule has 0 spiro atoms. The Morgan fingerprint density at radius 1 is 1.33 bits per heavy atom. The fraction of sp³-hybridized carbons (Fsp3) is 0.333. The van der Waals surface area contributed by atoms with Crippen LogP contribution in [0.4, 0.5) is 0 Å². The van der Waals surface area contributed by atoms with Crippen LogP contribution in [0.25, 0.3) is 0 Å². The second-order valence-electron chi connectivity index (χ2n) is 4.70. The molecule has 21 heavy (non-hydrogen) atoms. The van der Waals surface area contributed by atoms with Crippen molar-refractivity contribution in [2.45, 2.75) is 26.8 Å². The average Bonchev–Trinajstić information content (AvgIpc) is 2.43. The quantitative estimate of drug-likeness (QED) is 0.861. The molecule has 0 radical (unpaired) electrons. The Kier molecular flexibility index (Phi) is 4.85. The van der Waals surface area contributed by atoms with Crippen molar-refractivity contribution in [2.75, 3.05) is 6.61 Å². The number of aryl methyl sites for hydroxylation is 1. The summed E-state index contributed by atoms with van der Waals surface area (Å²) in [5.74, 6) is 0.712. The van der Waals surface area contributed by atoms with Gasteiger partial charge in [0.1, 0.15) is 17.5 Å². The first-order valence-corrected chi connectivity index (χ1v) is 7.11. The Balaban J connectivity index is 2.14.